The number of hydrogen-bond donors (Lipinski definition) is 0. The van der Waals surface area contributed by atoms with E-state index in [9.17, 15) is 0 Å². The van der Waals surface area contributed by atoms with Crippen molar-refractivity contribution in [3.05, 3.63) is 133 Å². The third kappa shape index (κ3) is 2.80. The lowest BCUT2D eigenvalue weighted by Crippen LogP contribution is -2.03. The van der Waals surface area contributed by atoms with Crippen molar-refractivity contribution in [2.24, 2.45) is 0 Å². The van der Waals surface area contributed by atoms with Crippen LogP contribution in [0.25, 0.3) is 75.2 Å². The van der Waals surface area contributed by atoms with Gasteiger partial charge in [0.15, 0.2) is 0 Å². The number of rotatable bonds is 2. The van der Waals surface area contributed by atoms with E-state index in [2.05, 4.69) is 143 Å². The SMILES string of the molecule is c1ccc(-n2c3ccccc3c3c4c(ccc32)sc2ccccc24)c(-n2c3ccccc3c3ccccc32)c1. The lowest BCUT2D eigenvalue weighted by atomic mass is 10.1. The molecule has 3 aromatic heterocycles. The van der Waals surface area contributed by atoms with Crippen LogP contribution >= 0.6 is 11.3 Å². The molecule has 0 fully saturated rings. The Bertz CT molecular complexity index is 2350. The Balaban J connectivity index is 1.46. The Morgan fingerprint density at radius 2 is 0.821 bits per heavy atom. The molecule has 0 spiro atoms. The van der Waals surface area contributed by atoms with Gasteiger partial charge in [0.2, 0.25) is 0 Å². The number of hydrogen-bond acceptors (Lipinski definition) is 1. The van der Waals surface area contributed by atoms with Gasteiger partial charge in [-0.25, -0.2) is 0 Å². The number of thiophene rings is 1. The van der Waals surface area contributed by atoms with Gasteiger partial charge in [-0.05, 0) is 48.5 Å². The molecule has 0 atom stereocenters. The maximum Gasteiger partial charge on any atom is 0.0702 e. The van der Waals surface area contributed by atoms with Crippen LogP contribution < -0.4 is 0 Å². The Hall–Kier alpha value is -4.86. The number of para-hydroxylation sites is 5. The fraction of sp³-hybridized carbons (Fsp3) is 0. The summed E-state index contributed by atoms with van der Waals surface area (Å²) in [7, 11) is 0. The fourth-order valence-corrected chi connectivity index (χ4v) is 7.67. The third-order valence-corrected chi connectivity index (χ3v) is 9.26. The van der Waals surface area contributed by atoms with Crippen LogP contribution in [-0.4, -0.2) is 9.13 Å². The van der Waals surface area contributed by atoms with Gasteiger partial charge in [-0.1, -0.05) is 84.9 Å². The van der Waals surface area contributed by atoms with E-state index in [-0.39, 0.29) is 0 Å². The third-order valence-electron chi connectivity index (χ3n) is 8.12. The van der Waals surface area contributed by atoms with Gasteiger partial charge in [-0.2, -0.15) is 0 Å². The molecule has 0 unspecified atom stereocenters. The molecule has 0 aliphatic carbocycles. The highest BCUT2D eigenvalue weighted by molar-refractivity contribution is 7.26. The highest BCUT2D eigenvalue weighted by Crippen LogP contribution is 2.44. The molecule has 0 aliphatic heterocycles. The molecule has 39 heavy (non-hydrogen) atoms. The second-order valence-electron chi connectivity index (χ2n) is 10.1. The zero-order valence-electron chi connectivity index (χ0n) is 21.0. The molecule has 3 heteroatoms. The molecule has 0 saturated heterocycles. The van der Waals surface area contributed by atoms with Crippen molar-refractivity contribution in [2.45, 2.75) is 0 Å². The van der Waals surface area contributed by atoms with Gasteiger partial charge in [0.05, 0.1) is 33.4 Å². The number of nitrogens with zero attached hydrogens (tertiary/aromatic N) is 2. The van der Waals surface area contributed by atoms with Crippen LogP contribution in [0.2, 0.25) is 0 Å². The largest absolute Gasteiger partial charge is 0.307 e. The molecule has 182 valence electrons. The van der Waals surface area contributed by atoms with Crippen LogP contribution in [0.5, 0.6) is 0 Å². The van der Waals surface area contributed by atoms with E-state index in [1.54, 1.807) is 0 Å². The van der Waals surface area contributed by atoms with Crippen molar-refractivity contribution in [2.75, 3.05) is 0 Å². The zero-order valence-corrected chi connectivity index (χ0v) is 21.8. The Morgan fingerprint density at radius 3 is 1.49 bits per heavy atom. The number of aromatic nitrogens is 2. The lowest BCUT2D eigenvalue weighted by molar-refractivity contribution is 1.10. The van der Waals surface area contributed by atoms with Crippen LogP contribution in [-0.2, 0) is 0 Å². The summed E-state index contributed by atoms with van der Waals surface area (Å²) in [6, 6.07) is 48.6. The maximum atomic E-state index is 2.47. The first-order chi connectivity index (χ1) is 19.4. The lowest BCUT2D eigenvalue weighted by Gasteiger charge is -2.16. The average Bonchev–Trinajstić information content (AvgIpc) is 3.64. The number of benzene rings is 6. The van der Waals surface area contributed by atoms with E-state index in [1.165, 1.54) is 75.2 Å². The van der Waals surface area contributed by atoms with Gasteiger partial charge in [0, 0.05) is 41.7 Å². The quantitative estimate of drug-likeness (QED) is 0.217. The van der Waals surface area contributed by atoms with Crippen molar-refractivity contribution in [1.29, 1.82) is 0 Å². The predicted octanol–water partition coefficient (Wildman–Crippen LogP) is 10.2. The van der Waals surface area contributed by atoms with E-state index in [0.29, 0.717) is 0 Å². The molecular weight excluding hydrogens is 492 g/mol. The second-order valence-corrected chi connectivity index (χ2v) is 11.2. The van der Waals surface area contributed by atoms with Gasteiger partial charge in [0.25, 0.3) is 0 Å². The summed E-state index contributed by atoms with van der Waals surface area (Å²) in [6.07, 6.45) is 0. The minimum atomic E-state index is 1.17. The maximum absolute atomic E-state index is 2.47. The first kappa shape index (κ1) is 21.1. The van der Waals surface area contributed by atoms with Crippen molar-refractivity contribution in [3.63, 3.8) is 0 Å². The highest BCUT2D eigenvalue weighted by atomic mass is 32.1. The monoisotopic (exact) mass is 514 g/mol. The van der Waals surface area contributed by atoms with E-state index in [0.717, 1.165) is 0 Å². The summed E-state index contributed by atoms with van der Waals surface area (Å²) in [5.74, 6) is 0. The van der Waals surface area contributed by atoms with Crippen molar-refractivity contribution < 1.29 is 0 Å². The minimum Gasteiger partial charge on any atom is -0.307 e. The average molecular weight is 515 g/mol. The molecular formula is C36H22N2S. The second kappa shape index (κ2) is 7.83. The van der Waals surface area contributed by atoms with Crippen LogP contribution in [0.1, 0.15) is 0 Å². The molecule has 0 aliphatic rings. The smallest absolute Gasteiger partial charge is 0.0702 e. The summed E-state index contributed by atoms with van der Waals surface area (Å²) >= 11 is 1.88. The van der Waals surface area contributed by atoms with Gasteiger partial charge in [-0.3, -0.25) is 0 Å². The molecule has 9 rings (SSSR count). The normalized spacial score (nSPS) is 12.1. The van der Waals surface area contributed by atoms with Crippen LogP contribution in [0, 0.1) is 0 Å². The predicted molar refractivity (Wildman–Crippen MR) is 168 cm³/mol. The summed E-state index contributed by atoms with van der Waals surface area (Å²) in [5.41, 5.74) is 7.25. The Labute approximate surface area is 228 Å². The molecule has 3 heterocycles. The molecule has 0 bridgehead atoms. The first-order valence-electron chi connectivity index (χ1n) is 13.3. The van der Waals surface area contributed by atoms with Crippen molar-refractivity contribution in [3.8, 4) is 11.4 Å². The van der Waals surface area contributed by atoms with Gasteiger partial charge in [0.1, 0.15) is 0 Å². The minimum absolute atomic E-state index is 1.17. The molecule has 6 aromatic carbocycles. The van der Waals surface area contributed by atoms with Crippen LogP contribution in [0.3, 0.4) is 0 Å². The summed E-state index contributed by atoms with van der Waals surface area (Å²) < 4.78 is 7.57. The standard InChI is InChI=1S/C36H22N2S/c1-5-15-27-23(11-1)24-12-2-6-16-28(24)37(27)30-18-8-9-19-31(30)38-29-17-7-3-13-25(29)35-32(38)21-22-34-36(35)26-14-4-10-20-33(26)39-34/h1-22H. The zero-order chi connectivity index (χ0) is 25.5. The van der Waals surface area contributed by atoms with Crippen molar-refractivity contribution >= 4 is 75.1 Å². The van der Waals surface area contributed by atoms with Crippen LogP contribution in [0.4, 0.5) is 0 Å². The highest BCUT2D eigenvalue weighted by Gasteiger charge is 2.20. The Kier molecular flexibility index (Phi) is 4.24. The molecule has 9 aromatic rings. The van der Waals surface area contributed by atoms with E-state index in [1.807, 2.05) is 11.3 Å². The first-order valence-corrected chi connectivity index (χ1v) is 14.1. The van der Waals surface area contributed by atoms with E-state index in [4.69, 9.17) is 0 Å². The molecule has 0 N–H and O–H groups in total. The van der Waals surface area contributed by atoms with Gasteiger partial charge < -0.3 is 9.13 Å². The van der Waals surface area contributed by atoms with Gasteiger partial charge >= 0.3 is 0 Å². The summed E-state index contributed by atoms with van der Waals surface area (Å²) in [4.78, 5) is 0. The molecule has 0 radical (unpaired) electrons. The van der Waals surface area contributed by atoms with Crippen molar-refractivity contribution in [1.82, 2.24) is 9.13 Å². The molecule has 0 saturated carbocycles. The molecule has 2 nitrogen and oxygen atoms in total. The van der Waals surface area contributed by atoms with Crippen LogP contribution in [0.15, 0.2) is 133 Å². The number of fused-ring (bicyclic) bond motifs is 10. The molecule has 0 amide bonds. The van der Waals surface area contributed by atoms with E-state index >= 15 is 0 Å². The Morgan fingerprint density at radius 1 is 0.333 bits per heavy atom. The van der Waals surface area contributed by atoms with E-state index < -0.39 is 0 Å². The summed E-state index contributed by atoms with van der Waals surface area (Å²) in [6.45, 7) is 0. The fourth-order valence-electron chi connectivity index (χ4n) is 6.56. The topological polar surface area (TPSA) is 9.86 Å². The van der Waals surface area contributed by atoms with Gasteiger partial charge in [-0.15, -0.1) is 11.3 Å². The summed E-state index contributed by atoms with van der Waals surface area (Å²) in [5, 5.41) is 7.86.